The van der Waals surface area contributed by atoms with Crippen LogP contribution >= 0.6 is 11.6 Å². The Hall–Kier alpha value is -0.270. The summed E-state index contributed by atoms with van der Waals surface area (Å²) in [5, 5.41) is 1.01. The third-order valence-electron chi connectivity index (χ3n) is 4.00. The standard InChI is InChI=1S/C13H20ClN/c1-4-12(14)8-13-6-5-7-15(13)9-10(2)11(13)3/h8H,4-7,9H2,1-3H3. The molecule has 0 radical (unpaired) electrons. The summed E-state index contributed by atoms with van der Waals surface area (Å²) in [5.74, 6) is 0. The first-order chi connectivity index (χ1) is 7.10. The molecule has 2 heterocycles. The first kappa shape index (κ1) is 11.2. The third-order valence-corrected chi connectivity index (χ3v) is 4.38. The molecule has 1 atom stereocenters. The maximum atomic E-state index is 6.23. The van der Waals surface area contributed by atoms with Crippen LogP contribution in [0.4, 0.5) is 0 Å². The van der Waals surface area contributed by atoms with E-state index in [0.717, 1.165) is 18.0 Å². The van der Waals surface area contributed by atoms with Gasteiger partial charge >= 0.3 is 0 Å². The lowest BCUT2D eigenvalue weighted by Gasteiger charge is -2.31. The van der Waals surface area contributed by atoms with Crippen LogP contribution in [0.2, 0.25) is 0 Å². The predicted molar refractivity (Wildman–Crippen MR) is 66.1 cm³/mol. The molecule has 2 aliphatic rings. The quantitative estimate of drug-likeness (QED) is 0.648. The molecule has 0 bridgehead atoms. The van der Waals surface area contributed by atoms with Crippen LogP contribution in [0.3, 0.4) is 0 Å². The molecule has 1 fully saturated rings. The molecule has 0 aliphatic carbocycles. The van der Waals surface area contributed by atoms with Gasteiger partial charge in [0.15, 0.2) is 0 Å². The molecule has 1 nitrogen and oxygen atoms in total. The van der Waals surface area contributed by atoms with Gasteiger partial charge in [0, 0.05) is 11.6 Å². The second-order valence-electron chi connectivity index (χ2n) is 4.80. The Bertz CT molecular complexity index is 329. The van der Waals surface area contributed by atoms with Crippen LogP contribution in [0.5, 0.6) is 0 Å². The second kappa shape index (κ2) is 3.95. The van der Waals surface area contributed by atoms with Gasteiger partial charge in [0.1, 0.15) is 0 Å². The van der Waals surface area contributed by atoms with E-state index in [1.807, 2.05) is 0 Å². The van der Waals surface area contributed by atoms with Crippen LogP contribution in [-0.4, -0.2) is 23.5 Å². The van der Waals surface area contributed by atoms with Crippen molar-refractivity contribution in [2.75, 3.05) is 13.1 Å². The van der Waals surface area contributed by atoms with E-state index in [2.05, 4.69) is 31.7 Å². The summed E-state index contributed by atoms with van der Waals surface area (Å²) in [4.78, 5) is 2.58. The Morgan fingerprint density at radius 1 is 1.53 bits per heavy atom. The molecule has 1 unspecified atom stereocenters. The molecule has 2 aliphatic heterocycles. The van der Waals surface area contributed by atoms with E-state index in [-0.39, 0.29) is 5.54 Å². The average molecular weight is 226 g/mol. The topological polar surface area (TPSA) is 3.24 Å². The van der Waals surface area contributed by atoms with Gasteiger partial charge in [0.05, 0.1) is 5.54 Å². The second-order valence-corrected chi connectivity index (χ2v) is 5.28. The van der Waals surface area contributed by atoms with Crippen LogP contribution in [0.25, 0.3) is 0 Å². The number of halogens is 1. The number of rotatable bonds is 2. The molecule has 0 spiro atoms. The van der Waals surface area contributed by atoms with Crippen LogP contribution in [0.15, 0.2) is 22.3 Å². The summed E-state index contributed by atoms with van der Waals surface area (Å²) < 4.78 is 0. The van der Waals surface area contributed by atoms with E-state index in [1.165, 1.54) is 30.5 Å². The molecule has 0 aromatic carbocycles. The molecular formula is C13H20ClN. The van der Waals surface area contributed by atoms with Gasteiger partial charge in [0.2, 0.25) is 0 Å². The maximum absolute atomic E-state index is 6.23. The van der Waals surface area contributed by atoms with Crippen molar-refractivity contribution in [3.05, 3.63) is 22.3 Å². The van der Waals surface area contributed by atoms with Crippen molar-refractivity contribution in [1.82, 2.24) is 4.90 Å². The molecule has 0 aromatic rings. The molecule has 0 N–H and O–H groups in total. The first-order valence-corrected chi connectivity index (χ1v) is 6.27. The van der Waals surface area contributed by atoms with Crippen molar-refractivity contribution < 1.29 is 0 Å². The van der Waals surface area contributed by atoms with Gasteiger partial charge in [-0.15, -0.1) is 0 Å². The van der Waals surface area contributed by atoms with E-state index < -0.39 is 0 Å². The molecule has 0 saturated carbocycles. The zero-order valence-corrected chi connectivity index (χ0v) is 10.7. The fraction of sp³-hybridized carbons (Fsp3) is 0.692. The summed E-state index contributed by atoms with van der Waals surface area (Å²) >= 11 is 6.23. The zero-order chi connectivity index (χ0) is 11.1. The number of hydrogen-bond acceptors (Lipinski definition) is 1. The van der Waals surface area contributed by atoms with Crippen LogP contribution < -0.4 is 0 Å². The Morgan fingerprint density at radius 3 is 2.93 bits per heavy atom. The minimum Gasteiger partial charge on any atom is -0.287 e. The summed E-state index contributed by atoms with van der Waals surface area (Å²) in [7, 11) is 0. The fourth-order valence-corrected chi connectivity index (χ4v) is 3.13. The molecular weight excluding hydrogens is 206 g/mol. The van der Waals surface area contributed by atoms with Crippen LogP contribution in [0.1, 0.15) is 40.0 Å². The number of nitrogens with zero attached hydrogens (tertiary/aromatic N) is 1. The van der Waals surface area contributed by atoms with Crippen molar-refractivity contribution in [1.29, 1.82) is 0 Å². The number of hydrogen-bond donors (Lipinski definition) is 0. The van der Waals surface area contributed by atoms with Gasteiger partial charge in [-0.1, -0.05) is 24.1 Å². The van der Waals surface area contributed by atoms with Crippen LogP contribution in [-0.2, 0) is 0 Å². The highest BCUT2D eigenvalue weighted by molar-refractivity contribution is 6.29. The van der Waals surface area contributed by atoms with Gasteiger partial charge in [-0.05, 0) is 51.3 Å². The Balaban J connectivity index is 2.38. The minimum absolute atomic E-state index is 0.178. The number of fused-ring (bicyclic) bond motifs is 1. The monoisotopic (exact) mass is 225 g/mol. The van der Waals surface area contributed by atoms with Crippen molar-refractivity contribution in [2.24, 2.45) is 0 Å². The van der Waals surface area contributed by atoms with Crippen LogP contribution in [0, 0.1) is 0 Å². The van der Waals surface area contributed by atoms with E-state index >= 15 is 0 Å². The van der Waals surface area contributed by atoms with E-state index in [1.54, 1.807) is 0 Å². The number of allylic oxidation sites excluding steroid dienone is 1. The Kier molecular flexibility index (Phi) is 2.96. The molecule has 2 heteroatoms. The molecule has 1 saturated heterocycles. The van der Waals surface area contributed by atoms with Gasteiger partial charge in [0.25, 0.3) is 0 Å². The molecule has 2 rings (SSSR count). The van der Waals surface area contributed by atoms with Gasteiger partial charge in [-0.2, -0.15) is 0 Å². The van der Waals surface area contributed by atoms with Gasteiger partial charge in [-0.25, -0.2) is 0 Å². The SMILES string of the molecule is CCC(Cl)=CC12CCCN1CC(C)=C2C. The molecule has 15 heavy (non-hydrogen) atoms. The van der Waals surface area contributed by atoms with Gasteiger partial charge in [-0.3, -0.25) is 4.90 Å². The minimum atomic E-state index is 0.178. The fourth-order valence-electron chi connectivity index (χ4n) is 2.95. The smallest absolute Gasteiger partial charge is 0.0622 e. The highest BCUT2D eigenvalue weighted by Gasteiger charge is 2.45. The zero-order valence-electron chi connectivity index (χ0n) is 9.94. The average Bonchev–Trinajstić information content (AvgIpc) is 2.69. The van der Waals surface area contributed by atoms with E-state index in [0.29, 0.717) is 0 Å². The summed E-state index contributed by atoms with van der Waals surface area (Å²) in [6.07, 6.45) is 5.79. The summed E-state index contributed by atoms with van der Waals surface area (Å²) in [6, 6.07) is 0. The molecule has 0 aromatic heterocycles. The lowest BCUT2D eigenvalue weighted by atomic mass is 9.88. The highest BCUT2D eigenvalue weighted by atomic mass is 35.5. The first-order valence-electron chi connectivity index (χ1n) is 5.89. The van der Waals surface area contributed by atoms with E-state index in [4.69, 9.17) is 11.6 Å². The van der Waals surface area contributed by atoms with Crippen molar-refractivity contribution in [3.63, 3.8) is 0 Å². The molecule has 0 amide bonds. The summed E-state index contributed by atoms with van der Waals surface area (Å²) in [6.45, 7) is 9.00. The van der Waals surface area contributed by atoms with Crippen molar-refractivity contribution >= 4 is 11.6 Å². The van der Waals surface area contributed by atoms with Crippen molar-refractivity contribution in [2.45, 2.75) is 45.6 Å². The Labute approximate surface area is 97.8 Å². The lowest BCUT2D eigenvalue weighted by molar-refractivity contribution is 0.264. The lowest BCUT2D eigenvalue weighted by Crippen LogP contribution is -2.38. The maximum Gasteiger partial charge on any atom is 0.0622 e. The third kappa shape index (κ3) is 1.66. The normalized spacial score (nSPS) is 32.7. The Morgan fingerprint density at radius 2 is 2.27 bits per heavy atom. The van der Waals surface area contributed by atoms with Crippen molar-refractivity contribution in [3.8, 4) is 0 Å². The largest absolute Gasteiger partial charge is 0.287 e. The van der Waals surface area contributed by atoms with Gasteiger partial charge < -0.3 is 0 Å². The highest BCUT2D eigenvalue weighted by Crippen LogP contribution is 2.44. The predicted octanol–water partition coefficient (Wildman–Crippen LogP) is 3.70. The van der Waals surface area contributed by atoms with E-state index in [9.17, 15) is 0 Å². The molecule has 84 valence electrons. The summed E-state index contributed by atoms with van der Waals surface area (Å²) in [5.41, 5.74) is 3.25.